The summed E-state index contributed by atoms with van der Waals surface area (Å²) in [6, 6.07) is 11.5. The fourth-order valence-electron chi connectivity index (χ4n) is 5.98. The van der Waals surface area contributed by atoms with E-state index in [4.69, 9.17) is 4.98 Å². The molecule has 1 aliphatic heterocycles. The number of fused-ring (bicyclic) bond motifs is 1. The third-order valence-corrected chi connectivity index (χ3v) is 9.18. The smallest absolute Gasteiger partial charge is 0.376 e. The summed E-state index contributed by atoms with van der Waals surface area (Å²) in [6.45, 7) is 3.10. The van der Waals surface area contributed by atoms with E-state index in [1.807, 2.05) is 46.7 Å². The van der Waals surface area contributed by atoms with E-state index in [-0.39, 0.29) is 25.0 Å². The van der Waals surface area contributed by atoms with Crippen LogP contribution in [0.3, 0.4) is 0 Å². The van der Waals surface area contributed by atoms with Crippen molar-refractivity contribution in [3.63, 3.8) is 0 Å². The molecular weight excluding hydrogens is 553 g/mol. The van der Waals surface area contributed by atoms with Crippen LogP contribution in [-0.2, 0) is 11.3 Å². The van der Waals surface area contributed by atoms with Gasteiger partial charge < -0.3 is 15.3 Å². The Morgan fingerprint density at radius 1 is 1.07 bits per heavy atom. The molecule has 11 heteroatoms. The monoisotopic (exact) mass is 588 g/mol. The van der Waals surface area contributed by atoms with Gasteiger partial charge >= 0.3 is 6.18 Å². The average Bonchev–Trinajstić information content (AvgIpc) is 3.51. The first-order valence-corrected chi connectivity index (χ1v) is 15.0. The molecule has 2 N–H and O–H groups in total. The van der Waals surface area contributed by atoms with Gasteiger partial charge in [0.1, 0.15) is 0 Å². The summed E-state index contributed by atoms with van der Waals surface area (Å²) in [7, 11) is 0. The third kappa shape index (κ3) is 6.57. The van der Waals surface area contributed by atoms with Crippen LogP contribution in [0.5, 0.6) is 0 Å². The Kier molecular flexibility index (Phi) is 8.96. The number of para-hydroxylation sites is 1. The van der Waals surface area contributed by atoms with E-state index < -0.39 is 18.2 Å². The van der Waals surface area contributed by atoms with E-state index in [1.165, 1.54) is 30.6 Å². The van der Waals surface area contributed by atoms with Crippen LogP contribution in [0.1, 0.15) is 54.9 Å². The summed E-state index contributed by atoms with van der Waals surface area (Å²) in [6.07, 6.45) is -2.26. The van der Waals surface area contributed by atoms with Crippen LogP contribution < -0.4 is 5.32 Å². The number of piperazine rings is 1. The molecule has 1 saturated heterocycles. The molecule has 41 heavy (non-hydrogen) atoms. The standard InChI is InChI=1S/C30H35F3N4O3S/c1-19(20-8-3-2-4-9-20)34-28(39)25-21-10-5-6-11-23(21)35-26(24-12-7-17-41-24)22(25)18-36-13-15-37(16-14-36)29(40)27(38)30(31,32)33/h5-7,10-12,17,19-20,27,38H,2-4,8-9,13-16,18H2,1H3,(H,34,39)/t19?,27-/m0/s1. The fraction of sp³-hybridized carbons (Fsp3) is 0.500. The largest absolute Gasteiger partial charge is 0.423 e. The molecule has 0 radical (unpaired) electrons. The van der Waals surface area contributed by atoms with Crippen LogP contribution in [0.4, 0.5) is 13.2 Å². The lowest BCUT2D eigenvalue weighted by atomic mass is 9.84. The molecule has 2 amide bonds. The van der Waals surface area contributed by atoms with Crippen molar-refractivity contribution in [3.8, 4) is 10.6 Å². The van der Waals surface area contributed by atoms with Gasteiger partial charge in [0.2, 0.25) is 6.10 Å². The molecular formula is C30H35F3N4O3S. The number of nitrogens with zero attached hydrogens (tertiary/aromatic N) is 3. The number of hydrogen-bond acceptors (Lipinski definition) is 6. The number of aliphatic hydroxyl groups excluding tert-OH is 1. The first kappa shape index (κ1) is 29.5. The van der Waals surface area contributed by atoms with E-state index >= 15 is 0 Å². The van der Waals surface area contributed by atoms with Crippen molar-refractivity contribution in [3.05, 3.63) is 52.9 Å². The number of alkyl halides is 3. The zero-order valence-corrected chi connectivity index (χ0v) is 23.8. The van der Waals surface area contributed by atoms with Gasteiger partial charge in [-0.05, 0) is 43.2 Å². The van der Waals surface area contributed by atoms with E-state index in [9.17, 15) is 27.9 Å². The predicted octanol–water partition coefficient (Wildman–Crippen LogP) is 5.23. The number of rotatable bonds is 7. The number of thiophene rings is 1. The van der Waals surface area contributed by atoms with Crippen molar-refractivity contribution in [1.29, 1.82) is 0 Å². The Bertz CT molecular complexity index is 1370. The van der Waals surface area contributed by atoms with E-state index in [0.717, 1.165) is 33.6 Å². The van der Waals surface area contributed by atoms with Crippen molar-refractivity contribution in [2.45, 2.75) is 63.9 Å². The second-order valence-electron chi connectivity index (χ2n) is 11.0. The highest BCUT2D eigenvalue weighted by molar-refractivity contribution is 7.13. The maximum absolute atomic E-state index is 14.1. The van der Waals surface area contributed by atoms with Gasteiger partial charge in [0, 0.05) is 49.7 Å². The average molecular weight is 589 g/mol. The van der Waals surface area contributed by atoms with Crippen LogP contribution in [0, 0.1) is 5.92 Å². The second-order valence-corrected chi connectivity index (χ2v) is 12.0. The van der Waals surface area contributed by atoms with E-state index in [0.29, 0.717) is 42.3 Å². The Labute approximate surface area is 241 Å². The molecule has 1 aromatic carbocycles. The molecule has 0 bridgehead atoms. The summed E-state index contributed by atoms with van der Waals surface area (Å²) in [4.78, 5) is 35.2. The summed E-state index contributed by atoms with van der Waals surface area (Å²) in [5.74, 6) is -1.06. The number of aromatic nitrogens is 1. The van der Waals surface area contributed by atoms with Crippen molar-refractivity contribution in [2.24, 2.45) is 5.92 Å². The van der Waals surface area contributed by atoms with Crippen LogP contribution in [0.2, 0.25) is 0 Å². The number of halogens is 3. The van der Waals surface area contributed by atoms with Crippen molar-refractivity contribution in [2.75, 3.05) is 26.2 Å². The van der Waals surface area contributed by atoms with Crippen molar-refractivity contribution in [1.82, 2.24) is 20.1 Å². The number of amides is 2. The maximum Gasteiger partial charge on any atom is 0.423 e. The summed E-state index contributed by atoms with van der Waals surface area (Å²) in [5, 5.41) is 15.4. The van der Waals surface area contributed by atoms with Crippen LogP contribution >= 0.6 is 11.3 Å². The quantitative estimate of drug-likeness (QED) is 0.395. The summed E-state index contributed by atoms with van der Waals surface area (Å²) < 4.78 is 38.7. The lowest BCUT2D eigenvalue weighted by Crippen LogP contribution is -2.54. The lowest BCUT2D eigenvalue weighted by Gasteiger charge is -2.36. The number of benzene rings is 1. The van der Waals surface area contributed by atoms with Crippen molar-refractivity contribution >= 4 is 34.1 Å². The van der Waals surface area contributed by atoms with Gasteiger partial charge in [0.15, 0.2) is 0 Å². The molecule has 2 atom stereocenters. The molecule has 2 aliphatic rings. The highest BCUT2D eigenvalue weighted by Gasteiger charge is 2.45. The first-order chi connectivity index (χ1) is 19.6. The number of pyridine rings is 1. The van der Waals surface area contributed by atoms with Crippen molar-refractivity contribution < 1.29 is 27.9 Å². The molecule has 1 saturated carbocycles. The highest BCUT2D eigenvalue weighted by Crippen LogP contribution is 2.35. The van der Waals surface area contributed by atoms with Gasteiger partial charge in [0.05, 0.1) is 21.7 Å². The maximum atomic E-state index is 14.1. The molecule has 5 rings (SSSR count). The van der Waals surface area contributed by atoms with Gasteiger partial charge in [0.25, 0.3) is 11.8 Å². The molecule has 3 heterocycles. The number of aliphatic hydroxyl groups is 1. The van der Waals surface area contributed by atoms with E-state index in [1.54, 1.807) is 0 Å². The summed E-state index contributed by atoms with van der Waals surface area (Å²) >= 11 is 1.53. The van der Waals surface area contributed by atoms with E-state index in [2.05, 4.69) is 12.2 Å². The summed E-state index contributed by atoms with van der Waals surface area (Å²) in [5.41, 5.74) is 2.74. The molecule has 220 valence electrons. The minimum atomic E-state index is -5.00. The molecule has 1 unspecified atom stereocenters. The van der Waals surface area contributed by atoms with Crippen LogP contribution in [0.25, 0.3) is 21.5 Å². The Morgan fingerprint density at radius 2 is 1.78 bits per heavy atom. The number of nitrogens with one attached hydrogen (secondary N) is 1. The molecule has 3 aromatic rings. The number of hydrogen-bond donors (Lipinski definition) is 2. The van der Waals surface area contributed by atoms with Crippen LogP contribution in [-0.4, -0.2) is 76.2 Å². The minimum absolute atomic E-state index is 0.0161. The predicted molar refractivity (Wildman–Crippen MR) is 152 cm³/mol. The molecule has 7 nitrogen and oxygen atoms in total. The van der Waals surface area contributed by atoms with Gasteiger partial charge in [-0.1, -0.05) is 43.5 Å². The lowest BCUT2D eigenvalue weighted by molar-refractivity contribution is -0.211. The minimum Gasteiger partial charge on any atom is -0.376 e. The van der Waals surface area contributed by atoms with Gasteiger partial charge in [-0.2, -0.15) is 13.2 Å². The number of carbonyl (C=O) groups excluding carboxylic acids is 2. The number of carbonyl (C=O) groups is 2. The molecule has 2 fully saturated rings. The normalized spacial score (nSPS) is 18.8. The fourth-order valence-corrected chi connectivity index (χ4v) is 6.72. The Morgan fingerprint density at radius 3 is 2.44 bits per heavy atom. The van der Waals surface area contributed by atoms with Gasteiger partial charge in [-0.25, -0.2) is 4.98 Å². The SMILES string of the molecule is CC(NC(=O)c1c(CN2CCN(C(=O)[C@H](O)C(F)(F)F)CC2)c(-c2cccs2)nc2ccccc12)C1CCCCC1. The molecule has 2 aromatic heterocycles. The second kappa shape index (κ2) is 12.5. The molecule has 0 spiro atoms. The Balaban J connectivity index is 1.45. The zero-order chi connectivity index (χ0) is 29.1. The Hall–Kier alpha value is -3.02. The third-order valence-electron chi connectivity index (χ3n) is 8.30. The van der Waals surface area contributed by atoms with Crippen LogP contribution in [0.15, 0.2) is 41.8 Å². The topological polar surface area (TPSA) is 85.8 Å². The first-order valence-electron chi connectivity index (χ1n) is 14.2. The molecule has 1 aliphatic carbocycles. The van der Waals surface area contributed by atoms with Gasteiger partial charge in [-0.3, -0.25) is 14.5 Å². The van der Waals surface area contributed by atoms with Gasteiger partial charge in [-0.15, -0.1) is 11.3 Å². The highest BCUT2D eigenvalue weighted by atomic mass is 32.1. The zero-order valence-electron chi connectivity index (χ0n) is 23.0.